The minimum atomic E-state index is -2.25. The average molecular weight is 315 g/mol. The summed E-state index contributed by atoms with van der Waals surface area (Å²) >= 11 is 7.55. The molecule has 2 aromatic rings. The summed E-state index contributed by atoms with van der Waals surface area (Å²) in [5.74, 6) is 0. The maximum absolute atomic E-state index is 7.55. The molecule has 21 heavy (non-hydrogen) atoms. The van der Waals surface area contributed by atoms with Gasteiger partial charge in [-0.1, -0.05) is 86.8 Å². The van der Waals surface area contributed by atoms with E-state index in [0.717, 1.165) is 0 Å². The molecule has 0 N–H and O–H groups in total. The molecule has 0 aliphatic heterocycles. The van der Waals surface area contributed by atoms with E-state index in [1.807, 2.05) is 0 Å². The average Bonchev–Trinajstić information content (AvgIpc) is 2.56. The van der Waals surface area contributed by atoms with Gasteiger partial charge in [-0.3, -0.25) is 0 Å². The van der Waals surface area contributed by atoms with Crippen molar-refractivity contribution in [3.8, 4) is 0 Å². The van der Waals surface area contributed by atoms with Crippen LogP contribution in [0.2, 0.25) is 5.04 Å². The SMILES string of the molecule is CC1([Si](Cl)(c2ccccc2)c2ccccc2)CCCCC1. The Balaban J connectivity index is 2.15. The van der Waals surface area contributed by atoms with Gasteiger partial charge in [-0.25, -0.2) is 0 Å². The third-order valence-electron chi connectivity index (χ3n) is 5.13. The van der Waals surface area contributed by atoms with Crippen molar-refractivity contribution in [3.63, 3.8) is 0 Å². The maximum Gasteiger partial charge on any atom is 0.223 e. The summed E-state index contributed by atoms with van der Waals surface area (Å²) in [5.41, 5.74) is 0. The van der Waals surface area contributed by atoms with E-state index in [9.17, 15) is 0 Å². The lowest BCUT2D eigenvalue weighted by Crippen LogP contribution is -2.61. The summed E-state index contributed by atoms with van der Waals surface area (Å²) < 4.78 is 0. The molecular weight excluding hydrogens is 292 g/mol. The minimum Gasteiger partial charge on any atom is -0.154 e. The normalized spacial score (nSPS) is 18.4. The molecule has 2 heteroatoms. The number of hydrogen-bond acceptors (Lipinski definition) is 0. The van der Waals surface area contributed by atoms with Gasteiger partial charge >= 0.3 is 0 Å². The van der Waals surface area contributed by atoms with E-state index < -0.39 is 7.38 Å². The van der Waals surface area contributed by atoms with Crippen molar-refractivity contribution in [2.24, 2.45) is 0 Å². The van der Waals surface area contributed by atoms with Crippen LogP contribution >= 0.6 is 11.1 Å². The monoisotopic (exact) mass is 314 g/mol. The summed E-state index contributed by atoms with van der Waals surface area (Å²) in [5, 5.41) is 2.97. The minimum absolute atomic E-state index is 0.246. The Morgan fingerprint density at radius 2 is 1.19 bits per heavy atom. The molecule has 0 heterocycles. The highest BCUT2D eigenvalue weighted by Gasteiger charge is 2.52. The maximum atomic E-state index is 7.55. The second kappa shape index (κ2) is 5.98. The fourth-order valence-electron chi connectivity index (χ4n) is 3.88. The van der Waals surface area contributed by atoms with Crippen molar-refractivity contribution < 1.29 is 0 Å². The highest BCUT2D eigenvalue weighted by atomic mass is 35.6. The standard InChI is InChI=1S/C19H23ClSi/c1-19(15-9-4-10-16-19)21(20,17-11-5-2-6-12-17)18-13-7-3-8-14-18/h2-3,5-8,11-14H,4,9-10,15-16H2,1H3. The van der Waals surface area contributed by atoms with Crippen molar-refractivity contribution in [1.82, 2.24) is 0 Å². The molecule has 1 saturated carbocycles. The zero-order chi connectivity index (χ0) is 14.8. The molecule has 0 radical (unpaired) electrons. The van der Waals surface area contributed by atoms with Crippen LogP contribution in [-0.2, 0) is 0 Å². The smallest absolute Gasteiger partial charge is 0.154 e. The van der Waals surface area contributed by atoms with Crippen LogP contribution in [0, 0.1) is 0 Å². The molecule has 0 nitrogen and oxygen atoms in total. The Kier molecular flexibility index (Phi) is 4.23. The lowest BCUT2D eigenvalue weighted by Gasteiger charge is -2.46. The van der Waals surface area contributed by atoms with Gasteiger partial charge in [0.05, 0.1) is 0 Å². The second-order valence-electron chi connectivity index (χ2n) is 6.51. The van der Waals surface area contributed by atoms with Gasteiger partial charge in [0.2, 0.25) is 7.38 Å². The lowest BCUT2D eigenvalue weighted by molar-refractivity contribution is 0.396. The van der Waals surface area contributed by atoms with Gasteiger partial charge in [-0.2, -0.15) is 11.1 Å². The first-order valence-corrected chi connectivity index (χ1v) is 11.0. The van der Waals surface area contributed by atoms with E-state index in [-0.39, 0.29) is 5.04 Å². The van der Waals surface area contributed by atoms with Gasteiger partial charge in [0, 0.05) is 0 Å². The van der Waals surface area contributed by atoms with Crippen molar-refractivity contribution in [1.29, 1.82) is 0 Å². The van der Waals surface area contributed by atoms with Crippen LogP contribution in [0.1, 0.15) is 39.0 Å². The van der Waals surface area contributed by atoms with Gasteiger partial charge in [0.25, 0.3) is 0 Å². The first kappa shape index (κ1) is 14.9. The van der Waals surface area contributed by atoms with Crippen LogP contribution in [0.4, 0.5) is 0 Å². The lowest BCUT2D eigenvalue weighted by atomic mass is 9.90. The molecule has 0 unspecified atom stereocenters. The van der Waals surface area contributed by atoms with E-state index in [1.54, 1.807) is 0 Å². The largest absolute Gasteiger partial charge is 0.223 e. The molecule has 1 aliphatic carbocycles. The fourth-order valence-corrected chi connectivity index (χ4v) is 9.27. The zero-order valence-electron chi connectivity index (χ0n) is 12.7. The molecule has 3 rings (SSSR count). The van der Waals surface area contributed by atoms with Crippen LogP contribution in [0.3, 0.4) is 0 Å². The predicted molar refractivity (Wildman–Crippen MR) is 95.2 cm³/mol. The number of rotatable bonds is 3. The Labute approximate surface area is 133 Å². The summed E-state index contributed by atoms with van der Waals surface area (Å²) in [4.78, 5) is 0. The quantitative estimate of drug-likeness (QED) is 0.568. The second-order valence-corrected chi connectivity index (χ2v) is 11.9. The Bertz CT molecular complexity index is 534. The topological polar surface area (TPSA) is 0 Å². The molecule has 1 fully saturated rings. The molecule has 0 amide bonds. The fraction of sp³-hybridized carbons (Fsp3) is 0.368. The van der Waals surface area contributed by atoms with Crippen LogP contribution in [0.5, 0.6) is 0 Å². The summed E-state index contributed by atoms with van der Waals surface area (Å²) in [6, 6.07) is 21.7. The third-order valence-corrected chi connectivity index (χ3v) is 12.2. The Hall–Kier alpha value is -1.05. The molecule has 0 spiro atoms. The molecule has 0 bridgehead atoms. The summed E-state index contributed by atoms with van der Waals surface area (Å²) in [6.45, 7) is 2.44. The van der Waals surface area contributed by atoms with E-state index in [2.05, 4.69) is 67.6 Å². The van der Waals surface area contributed by atoms with Gasteiger partial charge in [0.15, 0.2) is 0 Å². The molecule has 0 atom stereocenters. The number of benzene rings is 2. The molecule has 2 aromatic carbocycles. The van der Waals surface area contributed by atoms with Gasteiger partial charge < -0.3 is 0 Å². The zero-order valence-corrected chi connectivity index (χ0v) is 14.4. The van der Waals surface area contributed by atoms with Crippen molar-refractivity contribution in [3.05, 3.63) is 60.7 Å². The van der Waals surface area contributed by atoms with E-state index in [4.69, 9.17) is 11.1 Å². The molecule has 0 aromatic heterocycles. The Morgan fingerprint density at radius 1 is 0.762 bits per heavy atom. The van der Waals surface area contributed by atoms with Crippen LogP contribution in [0.15, 0.2) is 60.7 Å². The van der Waals surface area contributed by atoms with E-state index in [1.165, 1.54) is 42.5 Å². The Morgan fingerprint density at radius 3 is 1.62 bits per heavy atom. The van der Waals surface area contributed by atoms with Crippen molar-refractivity contribution >= 4 is 28.8 Å². The molecular formula is C19H23ClSi. The molecule has 0 saturated heterocycles. The summed E-state index contributed by atoms with van der Waals surface area (Å²) in [6.07, 6.45) is 6.51. The number of halogens is 1. The van der Waals surface area contributed by atoms with Crippen molar-refractivity contribution in [2.75, 3.05) is 0 Å². The summed E-state index contributed by atoms with van der Waals surface area (Å²) in [7, 11) is -2.25. The van der Waals surface area contributed by atoms with Gasteiger partial charge in [-0.05, 0) is 28.3 Å². The number of hydrogen-bond donors (Lipinski definition) is 0. The highest BCUT2D eigenvalue weighted by Crippen LogP contribution is 2.51. The van der Waals surface area contributed by atoms with Gasteiger partial charge in [0.1, 0.15) is 0 Å². The van der Waals surface area contributed by atoms with Crippen LogP contribution in [-0.4, -0.2) is 7.38 Å². The van der Waals surface area contributed by atoms with Crippen LogP contribution < -0.4 is 10.4 Å². The van der Waals surface area contributed by atoms with Gasteiger partial charge in [-0.15, -0.1) is 0 Å². The van der Waals surface area contributed by atoms with E-state index in [0.29, 0.717) is 0 Å². The van der Waals surface area contributed by atoms with E-state index >= 15 is 0 Å². The third kappa shape index (κ3) is 2.58. The first-order valence-electron chi connectivity index (χ1n) is 7.97. The van der Waals surface area contributed by atoms with Crippen molar-refractivity contribution in [2.45, 2.75) is 44.1 Å². The highest BCUT2D eigenvalue weighted by molar-refractivity contribution is 7.35. The van der Waals surface area contributed by atoms with Crippen LogP contribution in [0.25, 0.3) is 0 Å². The molecule has 1 aliphatic rings. The first-order chi connectivity index (χ1) is 10.2. The molecule has 110 valence electrons. The predicted octanol–water partition coefficient (Wildman–Crippen LogP) is 4.71.